The van der Waals surface area contributed by atoms with Crippen molar-refractivity contribution in [3.8, 4) is 0 Å². The third-order valence-electron chi connectivity index (χ3n) is 4.12. The minimum atomic E-state index is -0.348. The molecule has 0 fully saturated rings. The average Bonchev–Trinajstić information content (AvgIpc) is 2.83. The Balaban J connectivity index is 1.57. The number of hydrogen-bond donors (Lipinski definition) is 1. The van der Waals surface area contributed by atoms with Crippen molar-refractivity contribution >= 4 is 29.3 Å². The van der Waals surface area contributed by atoms with Gasteiger partial charge in [-0.05, 0) is 30.7 Å². The van der Waals surface area contributed by atoms with Crippen molar-refractivity contribution in [3.05, 3.63) is 69.7 Å². The molecule has 3 amide bonds. The largest absolute Gasteiger partial charge is 0.352 e. The van der Waals surface area contributed by atoms with Crippen LogP contribution in [0.1, 0.15) is 38.3 Å². The molecule has 6 heteroatoms. The summed E-state index contributed by atoms with van der Waals surface area (Å²) in [6, 6.07) is 12.4. The molecule has 0 bridgehead atoms. The highest BCUT2D eigenvalue weighted by molar-refractivity contribution is 6.31. The molecule has 0 saturated heterocycles. The van der Waals surface area contributed by atoms with Crippen molar-refractivity contribution in [2.24, 2.45) is 0 Å². The van der Waals surface area contributed by atoms with Crippen LogP contribution >= 0.6 is 11.6 Å². The number of nitrogens with zero attached hydrogens (tertiary/aromatic N) is 1. The summed E-state index contributed by atoms with van der Waals surface area (Å²) in [4.78, 5) is 37.8. The Labute approximate surface area is 150 Å². The summed E-state index contributed by atoms with van der Waals surface area (Å²) in [6.07, 6.45) is 0.0505. The van der Waals surface area contributed by atoms with Gasteiger partial charge in [0.15, 0.2) is 0 Å². The third-order valence-corrected chi connectivity index (χ3v) is 4.49. The lowest BCUT2D eigenvalue weighted by molar-refractivity contribution is -0.121. The number of halogens is 1. The monoisotopic (exact) mass is 356 g/mol. The molecule has 0 unspecified atom stereocenters. The van der Waals surface area contributed by atoms with Crippen molar-refractivity contribution in [3.63, 3.8) is 0 Å². The topological polar surface area (TPSA) is 66.5 Å². The van der Waals surface area contributed by atoms with Crippen molar-refractivity contribution in [2.45, 2.75) is 19.9 Å². The van der Waals surface area contributed by atoms with Crippen LogP contribution < -0.4 is 5.32 Å². The Morgan fingerprint density at radius 3 is 2.56 bits per heavy atom. The van der Waals surface area contributed by atoms with Crippen molar-refractivity contribution < 1.29 is 14.4 Å². The van der Waals surface area contributed by atoms with E-state index in [-0.39, 0.29) is 30.7 Å². The molecule has 1 N–H and O–H groups in total. The quantitative estimate of drug-likeness (QED) is 0.837. The summed E-state index contributed by atoms with van der Waals surface area (Å²) in [5.41, 5.74) is 2.53. The van der Waals surface area contributed by atoms with Gasteiger partial charge in [-0.15, -0.1) is 0 Å². The number of carbonyl (C=O) groups excluding carboxylic acids is 3. The van der Waals surface area contributed by atoms with Gasteiger partial charge in [0.1, 0.15) is 0 Å². The second-order valence-corrected chi connectivity index (χ2v) is 6.34. The molecule has 0 radical (unpaired) electrons. The Morgan fingerprint density at radius 2 is 1.80 bits per heavy atom. The number of carbonyl (C=O) groups is 3. The van der Waals surface area contributed by atoms with Crippen LogP contribution in [0.4, 0.5) is 0 Å². The van der Waals surface area contributed by atoms with E-state index in [9.17, 15) is 14.4 Å². The lowest BCUT2D eigenvalue weighted by Gasteiger charge is -2.13. The van der Waals surface area contributed by atoms with Crippen molar-refractivity contribution in [1.29, 1.82) is 0 Å². The van der Waals surface area contributed by atoms with Crippen LogP contribution in [-0.2, 0) is 11.3 Å². The van der Waals surface area contributed by atoms with E-state index >= 15 is 0 Å². The van der Waals surface area contributed by atoms with Gasteiger partial charge in [0.25, 0.3) is 11.8 Å². The SMILES string of the molecule is Cc1ccc2c(c1)C(=O)N(CCC(=O)NCc1ccccc1Cl)C2=O. The number of imide groups is 1. The zero-order chi connectivity index (χ0) is 18.0. The standard InChI is InChI=1S/C19H17ClN2O3/c1-12-6-7-14-15(10-12)19(25)22(18(14)24)9-8-17(23)21-11-13-4-2-3-5-16(13)20/h2-7,10H,8-9,11H2,1H3,(H,21,23). The zero-order valence-electron chi connectivity index (χ0n) is 13.7. The molecule has 25 heavy (non-hydrogen) atoms. The van der Waals surface area contributed by atoms with Crippen LogP contribution in [0.2, 0.25) is 5.02 Å². The maximum absolute atomic E-state index is 12.4. The Kier molecular flexibility index (Phi) is 4.86. The second kappa shape index (κ2) is 7.07. The molecule has 2 aromatic rings. The van der Waals surface area contributed by atoms with Crippen LogP contribution in [0.3, 0.4) is 0 Å². The highest BCUT2D eigenvalue weighted by Crippen LogP contribution is 2.24. The Morgan fingerprint density at radius 1 is 1.08 bits per heavy atom. The fourth-order valence-corrected chi connectivity index (χ4v) is 2.95. The van der Waals surface area contributed by atoms with E-state index < -0.39 is 0 Å². The maximum atomic E-state index is 12.4. The van der Waals surface area contributed by atoms with Gasteiger partial charge in [-0.25, -0.2) is 0 Å². The van der Waals surface area contributed by atoms with Gasteiger partial charge in [0.05, 0.1) is 11.1 Å². The van der Waals surface area contributed by atoms with Crippen LogP contribution in [0, 0.1) is 6.92 Å². The van der Waals surface area contributed by atoms with Gasteiger partial charge in [-0.3, -0.25) is 19.3 Å². The molecule has 0 aliphatic carbocycles. The van der Waals surface area contributed by atoms with E-state index in [2.05, 4.69) is 5.32 Å². The Hall–Kier alpha value is -2.66. The van der Waals surface area contributed by atoms with Gasteiger partial charge in [-0.1, -0.05) is 41.4 Å². The molecule has 1 aliphatic heterocycles. The summed E-state index contributed by atoms with van der Waals surface area (Å²) in [6.45, 7) is 2.22. The molecule has 128 valence electrons. The van der Waals surface area contributed by atoms with Crippen molar-refractivity contribution in [2.75, 3.05) is 6.54 Å². The molecule has 5 nitrogen and oxygen atoms in total. The first-order valence-electron chi connectivity index (χ1n) is 7.94. The smallest absolute Gasteiger partial charge is 0.261 e. The molecule has 0 atom stereocenters. The first kappa shape index (κ1) is 17.2. The van der Waals surface area contributed by atoms with Crippen LogP contribution in [0.25, 0.3) is 0 Å². The summed E-state index contributed by atoms with van der Waals surface area (Å²) in [5.74, 6) is -0.936. The summed E-state index contributed by atoms with van der Waals surface area (Å²) >= 11 is 6.04. The average molecular weight is 357 g/mol. The summed E-state index contributed by atoms with van der Waals surface area (Å²) in [5, 5.41) is 3.33. The second-order valence-electron chi connectivity index (χ2n) is 5.93. The normalized spacial score (nSPS) is 13.1. The van der Waals surface area contributed by atoms with Gasteiger partial charge in [-0.2, -0.15) is 0 Å². The molecule has 1 heterocycles. The van der Waals surface area contributed by atoms with Gasteiger partial charge in [0, 0.05) is 24.5 Å². The fourth-order valence-electron chi connectivity index (χ4n) is 2.74. The zero-order valence-corrected chi connectivity index (χ0v) is 14.5. The van der Waals surface area contributed by atoms with E-state index in [1.807, 2.05) is 25.1 Å². The first-order valence-corrected chi connectivity index (χ1v) is 8.32. The number of nitrogens with one attached hydrogen (secondary N) is 1. The first-order chi connectivity index (χ1) is 12.0. The number of hydrogen-bond acceptors (Lipinski definition) is 3. The molecule has 2 aromatic carbocycles. The maximum Gasteiger partial charge on any atom is 0.261 e. The summed E-state index contributed by atoms with van der Waals surface area (Å²) < 4.78 is 0. The third kappa shape index (κ3) is 3.56. The predicted molar refractivity (Wildman–Crippen MR) is 94.5 cm³/mol. The number of fused-ring (bicyclic) bond motifs is 1. The number of amides is 3. The van der Waals surface area contributed by atoms with Crippen LogP contribution in [0.15, 0.2) is 42.5 Å². The molecule has 0 aromatic heterocycles. The highest BCUT2D eigenvalue weighted by Gasteiger charge is 2.35. The van der Waals surface area contributed by atoms with E-state index in [0.29, 0.717) is 22.7 Å². The van der Waals surface area contributed by atoms with Gasteiger partial charge in [0.2, 0.25) is 5.91 Å². The number of benzene rings is 2. The molecule has 1 aliphatic rings. The predicted octanol–water partition coefficient (Wildman–Crippen LogP) is 2.95. The lowest BCUT2D eigenvalue weighted by Crippen LogP contribution is -2.34. The van der Waals surface area contributed by atoms with Gasteiger partial charge < -0.3 is 5.32 Å². The van der Waals surface area contributed by atoms with E-state index in [0.717, 1.165) is 16.0 Å². The lowest BCUT2D eigenvalue weighted by atomic mass is 10.1. The molecule has 3 rings (SSSR count). The van der Waals surface area contributed by atoms with Gasteiger partial charge >= 0.3 is 0 Å². The van der Waals surface area contributed by atoms with E-state index in [1.54, 1.807) is 24.3 Å². The molecule has 0 saturated carbocycles. The summed E-state index contributed by atoms with van der Waals surface area (Å²) in [7, 11) is 0. The molecular formula is C19H17ClN2O3. The van der Waals surface area contributed by atoms with Crippen LogP contribution in [0.5, 0.6) is 0 Å². The minimum Gasteiger partial charge on any atom is -0.352 e. The minimum absolute atomic E-state index is 0.0505. The number of rotatable bonds is 5. The number of aryl methyl sites for hydroxylation is 1. The van der Waals surface area contributed by atoms with E-state index in [4.69, 9.17) is 11.6 Å². The highest BCUT2D eigenvalue weighted by atomic mass is 35.5. The van der Waals surface area contributed by atoms with E-state index in [1.165, 1.54) is 0 Å². The van der Waals surface area contributed by atoms with Crippen molar-refractivity contribution in [1.82, 2.24) is 10.2 Å². The van der Waals surface area contributed by atoms with Crippen LogP contribution in [-0.4, -0.2) is 29.2 Å². The molecular weight excluding hydrogens is 340 g/mol. The Bertz CT molecular complexity index is 863. The molecule has 0 spiro atoms. The fraction of sp³-hybridized carbons (Fsp3) is 0.211.